The summed E-state index contributed by atoms with van der Waals surface area (Å²) in [6, 6.07) is 0. The SMILES string of the molecule is CCC(C)(C)C(=O)O.CCC(C)(C)C(=O)OC. The molecule has 102 valence electrons. The summed E-state index contributed by atoms with van der Waals surface area (Å²) in [5.74, 6) is -0.856. The van der Waals surface area contributed by atoms with Crippen molar-refractivity contribution in [3.05, 3.63) is 0 Å². The lowest BCUT2D eigenvalue weighted by Crippen LogP contribution is -2.24. The highest BCUT2D eigenvalue weighted by Gasteiger charge is 2.25. The summed E-state index contributed by atoms with van der Waals surface area (Å²) >= 11 is 0. The number of hydrogen-bond acceptors (Lipinski definition) is 3. The zero-order valence-corrected chi connectivity index (χ0v) is 12.1. The van der Waals surface area contributed by atoms with Crippen LogP contribution in [0.15, 0.2) is 0 Å². The Hall–Kier alpha value is -1.06. The topological polar surface area (TPSA) is 63.6 Å². The van der Waals surface area contributed by atoms with Crippen LogP contribution in [0.25, 0.3) is 0 Å². The Kier molecular flexibility index (Phi) is 7.86. The molecule has 0 unspecified atom stereocenters. The van der Waals surface area contributed by atoms with Gasteiger partial charge in [-0.3, -0.25) is 9.59 Å². The number of esters is 1. The molecule has 0 amide bonds. The molecule has 0 aromatic rings. The van der Waals surface area contributed by atoms with Crippen molar-refractivity contribution < 1.29 is 19.4 Å². The van der Waals surface area contributed by atoms with Crippen molar-refractivity contribution in [1.82, 2.24) is 0 Å². The number of carbonyl (C=O) groups excluding carboxylic acids is 1. The minimum absolute atomic E-state index is 0.134. The van der Waals surface area contributed by atoms with Gasteiger partial charge in [-0.2, -0.15) is 0 Å². The Morgan fingerprint density at radius 1 is 1.00 bits per heavy atom. The van der Waals surface area contributed by atoms with E-state index in [0.717, 1.165) is 6.42 Å². The van der Waals surface area contributed by atoms with Crippen LogP contribution < -0.4 is 0 Å². The molecule has 4 heteroatoms. The predicted octanol–water partition coefficient (Wildman–Crippen LogP) is 3.10. The summed E-state index contributed by atoms with van der Waals surface area (Å²) in [4.78, 5) is 21.1. The maximum absolute atomic E-state index is 10.8. The van der Waals surface area contributed by atoms with E-state index in [0.29, 0.717) is 6.42 Å². The van der Waals surface area contributed by atoms with Crippen molar-refractivity contribution in [2.75, 3.05) is 7.11 Å². The van der Waals surface area contributed by atoms with E-state index in [9.17, 15) is 9.59 Å². The molecule has 0 saturated heterocycles. The van der Waals surface area contributed by atoms with Crippen LogP contribution >= 0.6 is 0 Å². The molecule has 0 bridgehead atoms. The van der Waals surface area contributed by atoms with Gasteiger partial charge >= 0.3 is 11.9 Å². The van der Waals surface area contributed by atoms with Crippen LogP contribution in [0.1, 0.15) is 54.4 Å². The van der Waals surface area contributed by atoms with E-state index in [2.05, 4.69) is 4.74 Å². The first-order chi connectivity index (χ1) is 7.55. The van der Waals surface area contributed by atoms with Gasteiger partial charge in [-0.15, -0.1) is 0 Å². The average molecular weight is 246 g/mol. The van der Waals surface area contributed by atoms with Crippen LogP contribution in [-0.2, 0) is 14.3 Å². The molecule has 0 aliphatic carbocycles. The highest BCUT2D eigenvalue weighted by Crippen LogP contribution is 2.20. The Morgan fingerprint density at radius 3 is 1.41 bits per heavy atom. The minimum Gasteiger partial charge on any atom is -0.481 e. The second-order valence-corrected chi connectivity index (χ2v) is 5.27. The molecule has 0 spiro atoms. The Morgan fingerprint density at radius 2 is 1.35 bits per heavy atom. The van der Waals surface area contributed by atoms with Crippen LogP contribution in [-0.4, -0.2) is 24.2 Å². The largest absolute Gasteiger partial charge is 0.481 e. The van der Waals surface area contributed by atoms with E-state index in [-0.39, 0.29) is 11.4 Å². The standard InChI is InChI=1S/C7H14O2.C6H12O2/c1-5-7(2,3)6(8)9-4;1-4-6(2,3)5(7)8/h5H2,1-4H3;4H2,1-3H3,(H,7,8). The number of methoxy groups -OCH3 is 1. The first-order valence-electron chi connectivity index (χ1n) is 5.87. The van der Waals surface area contributed by atoms with E-state index < -0.39 is 11.4 Å². The molecule has 17 heavy (non-hydrogen) atoms. The highest BCUT2D eigenvalue weighted by molar-refractivity contribution is 5.75. The van der Waals surface area contributed by atoms with E-state index in [1.807, 2.05) is 27.7 Å². The van der Waals surface area contributed by atoms with Crippen LogP contribution in [0.4, 0.5) is 0 Å². The van der Waals surface area contributed by atoms with Crippen molar-refractivity contribution in [2.24, 2.45) is 10.8 Å². The molecule has 0 aliphatic heterocycles. The molecule has 0 radical (unpaired) electrons. The molecule has 0 aliphatic rings. The number of hydrogen-bond donors (Lipinski definition) is 1. The molecule has 1 N–H and O–H groups in total. The molecule has 0 aromatic carbocycles. The normalized spacial score (nSPS) is 11.2. The fourth-order valence-electron chi connectivity index (χ4n) is 0.572. The fourth-order valence-corrected chi connectivity index (χ4v) is 0.572. The Balaban J connectivity index is 0. The second kappa shape index (κ2) is 7.30. The lowest BCUT2D eigenvalue weighted by Gasteiger charge is -2.17. The van der Waals surface area contributed by atoms with Gasteiger partial charge in [-0.1, -0.05) is 13.8 Å². The van der Waals surface area contributed by atoms with E-state index in [4.69, 9.17) is 5.11 Å². The third-order valence-electron chi connectivity index (χ3n) is 3.08. The van der Waals surface area contributed by atoms with Gasteiger partial charge in [0.15, 0.2) is 0 Å². The minimum atomic E-state index is -0.722. The zero-order chi connectivity index (χ0) is 14.3. The third kappa shape index (κ3) is 6.97. The summed E-state index contributed by atoms with van der Waals surface area (Å²) < 4.78 is 4.57. The van der Waals surface area contributed by atoms with Crippen molar-refractivity contribution in [3.8, 4) is 0 Å². The van der Waals surface area contributed by atoms with E-state index >= 15 is 0 Å². The summed E-state index contributed by atoms with van der Waals surface area (Å²) in [7, 11) is 1.42. The zero-order valence-electron chi connectivity index (χ0n) is 12.1. The predicted molar refractivity (Wildman–Crippen MR) is 67.8 cm³/mol. The quantitative estimate of drug-likeness (QED) is 0.774. The van der Waals surface area contributed by atoms with Gasteiger partial charge in [0.1, 0.15) is 0 Å². The van der Waals surface area contributed by atoms with Crippen LogP contribution in [0.5, 0.6) is 0 Å². The molecule has 0 aromatic heterocycles. The van der Waals surface area contributed by atoms with Gasteiger partial charge in [0.2, 0.25) is 0 Å². The van der Waals surface area contributed by atoms with Crippen molar-refractivity contribution in [1.29, 1.82) is 0 Å². The fraction of sp³-hybridized carbons (Fsp3) is 0.846. The lowest BCUT2D eigenvalue weighted by atomic mass is 9.91. The highest BCUT2D eigenvalue weighted by atomic mass is 16.5. The molecule has 0 fully saturated rings. The molecule has 4 nitrogen and oxygen atoms in total. The van der Waals surface area contributed by atoms with Crippen LogP contribution in [0, 0.1) is 10.8 Å². The maximum atomic E-state index is 10.8. The summed E-state index contributed by atoms with van der Waals surface area (Å²) in [5, 5.41) is 8.44. The van der Waals surface area contributed by atoms with Crippen molar-refractivity contribution in [2.45, 2.75) is 54.4 Å². The number of carboxylic acids is 1. The first-order valence-corrected chi connectivity index (χ1v) is 5.87. The summed E-state index contributed by atoms with van der Waals surface area (Å²) in [6.07, 6.45) is 1.50. The van der Waals surface area contributed by atoms with E-state index in [1.165, 1.54) is 7.11 Å². The summed E-state index contributed by atoms with van der Waals surface area (Å²) in [6.45, 7) is 11.0. The third-order valence-corrected chi connectivity index (χ3v) is 3.08. The second-order valence-electron chi connectivity index (χ2n) is 5.27. The van der Waals surface area contributed by atoms with Gasteiger partial charge in [-0.05, 0) is 40.5 Å². The molecule has 0 rings (SSSR count). The van der Waals surface area contributed by atoms with Gasteiger partial charge in [0.05, 0.1) is 17.9 Å². The monoisotopic (exact) mass is 246 g/mol. The Labute approximate surface area is 104 Å². The van der Waals surface area contributed by atoms with Gasteiger partial charge < -0.3 is 9.84 Å². The smallest absolute Gasteiger partial charge is 0.311 e. The number of rotatable bonds is 4. The molecular weight excluding hydrogens is 220 g/mol. The molecular formula is C13H26O4. The van der Waals surface area contributed by atoms with Crippen molar-refractivity contribution in [3.63, 3.8) is 0 Å². The summed E-state index contributed by atoms with van der Waals surface area (Å²) in [5.41, 5.74) is -0.852. The van der Waals surface area contributed by atoms with Gasteiger partial charge in [-0.25, -0.2) is 0 Å². The number of ether oxygens (including phenoxy) is 1. The molecule has 0 saturated carbocycles. The average Bonchev–Trinajstić information content (AvgIpc) is 2.28. The van der Waals surface area contributed by atoms with Crippen molar-refractivity contribution >= 4 is 11.9 Å². The number of aliphatic carboxylic acids is 1. The Bertz CT molecular complexity index is 254. The van der Waals surface area contributed by atoms with Crippen LogP contribution in [0.2, 0.25) is 0 Å². The molecule has 0 heterocycles. The lowest BCUT2D eigenvalue weighted by molar-refractivity contribution is -0.151. The number of carbonyl (C=O) groups is 2. The van der Waals surface area contributed by atoms with Crippen LogP contribution in [0.3, 0.4) is 0 Å². The first kappa shape index (κ1) is 18.3. The number of carboxylic acid groups (broad SMARTS) is 1. The maximum Gasteiger partial charge on any atom is 0.311 e. The van der Waals surface area contributed by atoms with Gasteiger partial charge in [0.25, 0.3) is 0 Å². The van der Waals surface area contributed by atoms with E-state index in [1.54, 1.807) is 13.8 Å². The van der Waals surface area contributed by atoms with Gasteiger partial charge in [0, 0.05) is 0 Å². The molecule has 0 atom stereocenters.